The molecule has 0 atom stereocenters. The van der Waals surface area contributed by atoms with Crippen molar-refractivity contribution < 1.29 is 0 Å². The SMILES string of the molecule is Cc1ccc(NCc2cncn2C(C)C)cc1. The lowest BCUT2D eigenvalue weighted by Gasteiger charge is -2.13. The number of aromatic nitrogens is 2. The third-order valence-corrected chi connectivity index (χ3v) is 2.83. The fourth-order valence-electron chi connectivity index (χ4n) is 1.80. The summed E-state index contributed by atoms with van der Waals surface area (Å²) in [6, 6.07) is 8.88. The van der Waals surface area contributed by atoms with Crippen LogP contribution in [-0.4, -0.2) is 9.55 Å². The molecule has 0 amide bonds. The van der Waals surface area contributed by atoms with Crippen LogP contribution >= 0.6 is 0 Å². The summed E-state index contributed by atoms with van der Waals surface area (Å²) in [7, 11) is 0. The van der Waals surface area contributed by atoms with Gasteiger partial charge in [-0.25, -0.2) is 4.98 Å². The van der Waals surface area contributed by atoms with Crippen molar-refractivity contribution in [3.63, 3.8) is 0 Å². The molecule has 2 aromatic rings. The summed E-state index contributed by atoms with van der Waals surface area (Å²) in [5, 5.41) is 3.41. The van der Waals surface area contributed by atoms with Crippen LogP contribution in [0.15, 0.2) is 36.8 Å². The fraction of sp³-hybridized carbons (Fsp3) is 0.357. The molecule has 1 aromatic carbocycles. The van der Waals surface area contributed by atoms with Crippen molar-refractivity contribution in [2.24, 2.45) is 0 Å². The Labute approximate surface area is 103 Å². The van der Waals surface area contributed by atoms with Gasteiger partial charge in [0.15, 0.2) is 0 Å². The van der Waals surface area contributed by atoms with E-state index in [0.717, 1.165) is 12.2 Å². The van der Waals surface area contributed by atoms with Gasteiger partial charge in [0.2, 0.25) is 0 Å². The summed E-state index contributed by atoms with van der Waals surface area (Å²) in [6.45, 7) is 7.23. The highest BCUT2D eigenvalue weighted by Gasteiger charge is 2.04. The van der Waals surface area contributed by atoms with Crippen LogP contribution in [0.1, 0.15) is 31.1 Å². The molecule has 3 heteroatoms. The lowest BCUT2D eigenvalue weighted by molar-refractivity contribution is 0.577. The summed E-state index contributed by atoms with van der Waals surface area (Å²) in [5.41, 5.74) is 3.63. The normalized spacial score (nSPS) is 10.8. The molecule has 3 nitrogen and oxygen atoms in total. The lowest BCUT2D eigenvalue weighted by atomic mass is 10.2. The quantitative estimate of drug-likeness (QED) is 0.871. The van der Waals surface area contributed by atoms with Gasteiger partial charge in [0.25, 0.3) is 0 Å². The number of aryl methyl sites for hydroxylation is 1. The molecule has 90 valence electrons. The standard InChI is InChI=1S/C14H19N3/c1-11(2)17-10-15-8-14(17)9-16-13-6-4-12(3)5-7-13/h4-8,10-11,16H,9H2,1-3H3. The second-order valence-corrected chi connectivity index (χ2v) is 4.61. The third-order valence-electron chi connectivity index (χ3n) is 2.83. The number of anilines is 1. The summed E-state index contributed by atoms with van der Waals surface area (Å²) in [5.74, 6) is 0. The van der Waals surface area contributed by atoms with E-state index in [9.17, 15) is 0 Å². The van der Waals surface area contributed by atoms with Crippen molar-refractivity contribution in [1.29, 1.82) is 0 Å². The maximum Gasteiger partial charge on any atom is 0.0951 e. The van der Waals surface area contributed by atoms with Crippen LogP contribution in [0.5, 0.6) is 0 Å². The molecule has 1 heterocycles. The zero-order valence-electron chi connectivity index (χ0n) is 10.6. The third kappa shape index (κ3) is 2.87. The molecule has 0 spiro atoms. The Morgan fingerprint density at radius 2 is 1.94 bits per heavy atom. The molecule has 0 bridgehead atoms. The Kier molecular flexibility index (Phi) is 3.47. The average molecular weight is 229 g/mol. The maximum atomic E-state index is 4.19. The first kappa shape index (κ1) is 11.7. The largest absolute Gasteiger partial charge is 0.379 e. The predicted octanol–water partition coefficient (Wildman–Crippen LogP) is 3.38. The second kappa shape index (κ2) is 5.04. The Balaban J connectivity index is 2.02. The van der Waals surface area contributed by atoms with Crippen molar-refractivity contribution in [2.45, 2.75) is 33.4 Å². The minimum atomic E-state index is 0.451. The monoisotopic (exact) mass is 229 g/mol. The Morgan fingerprint density at radius 3 is 2.59 bits per heavy atom. The van der Waals surface area contributed by atoms with Gasteiger partial charge in [-0.05, 0) is 32.9 Å². The lowest BCUT2D eigenvalue weighted by Crippen LogP contribution is -2.08. The number of nitrogens with one attached hydrogen (secondary N) is 1. The number of nitrogens with zero attached hydrogens (tertiary/aromatic N) is 2. The Hall–Kier alpha value is -1.77. The molecule has 0 unspecified atom stereocenters. The second-order valence-electron chi connectivity index (χ2n) is 4.61. The van der Waals surface area contributed by atoms with Crippen molar-refractivity contribution in [3.05, 3.63) is 48.0 Å². The van der Waals surface area contributed by atoms with Gasteiger partial charge in [-0.2, -0.15) is 0 Å². The summed E-state index contributed by atoms with van der Waals surface area (Å²) in [4.78, 5) is 4.19. The average Bonchev–Trinajstić information content (AvgIpc) is 2.76. The van der Waals surface area contributed by atoms with Crippen LogP contribution in [0.4, 0.5) is 5.69 Å². The van der Waals surface area contributed by atoms with Gasteiger partial charge in [0, 0.05) is 17.9 Å². The number of hydrogen-bond acceptors (Lipinski definition) is 2. The molecule has 0 fully saturated rings. The molecule has 17 heavy (non-hydrogen) atoms. The number of benzene rings is 1. The minimum absolute atomic E-state index is 0.451. The minimum Gasteiger partial charge on any atom is -0.379 e. The van der Waals surface area contributed by atoms with E-state index in [4.69, 9.17) is 0 Å². The highest BCUT2D eigenvalue weighted by Crippen LogP contribution is 2.13. The van der Waals surface area contributed by atoms with Gasteiger partial charge >= 0.3 is 0 Å². The van der Waals surface area contributed by atoms with Crippen molar-refractivity contribution >= 4 is 5.69 Å². The van der Waals surface area contributed by atoms with E-state index < -0.39 is 0 Å². The summed E-state index contributed by atoms with van der Waals surface area (Å²) >= 11 is 0. The summed E-state index contributed by atoms with van der Waals surface area (Å²) < 4.78 is 2.18. The van der Waals surface area contributed by atoms with E-state index >= 15 is 0 Å². The van der Waals surface area contributed by atoms with Gasteiger partial charge in [-0.15, -0.1) is 0 Å². The van der Waals surface area contributed by atoms with Crippen molar-refractivity contribution in [2.75, 3.05) is 5.32 Å². The van der Waals surface area contributed by atoms with Crippen LogP contribution in [0.25, 0.3) is 0 Å². The van der Waals surface area contributed by atoms with E-state index in [2.05, 4.69) is 59.9 Å². The molecular weight excluding hydrogens is 210 g/mol. The van der Waals surface area contributed by atoms with E-state index in [1.54, 1.807) is 0 Å². The molecule has 1 aromatic heterocycles. The zero-order chi connectivity index (χ0) is 12.3. The molecule has 0 radical (unpaired) electrons. The van der Waals surface area contributed by atoms with Crippen molar-refractivity contribution in [3.8, 4) is 0 Å². The Bertz CT molecular complexity index is 468. The van der Waals surface area contributed by atoms with E-state index in [0.29, 0.717) is 6.04 Å². The molecule has 0 aliphatic carbocycles. The number of rotatable bonds is 4. The van der Waals surface area contributed by atoms with Crippen LogP contribution in [0.2, 0.25) is 0 Å². The zero-order valence-corrected chi connectivity index (χ0v) is 10.6. The van der Waals surface area contributed by atoms with Crippen molar-refractivity contribution in [1.82, 2.24) is 9.55 Å². The molecule has 0 aliphatic heterocycles. The van der Waals surface area contributed by atoms with E-state index in [1.165, 1.54) is 11.3 Å². The maximum absolute atomic E-state index is 4.19. The van der Waals surface area contributed by atoms with Gasteiger partial charge in [-0.1, -0.05) is 17.7 Å². The Morgan fingerprint density at radius 1 is 1.24 bits per heavy atom. The number of imidazole rings is 1. The molecule has 2 rings (SSSR count). The molecule has 0 saturated carbocycles. The predicted molar refractivity (Wildman–Crippen MR) is 71.1 cm³/mol. The molecule has 1 N–H and O–H groups in total. The first-order valence-electron chi connectivity index (χ1n) is 5.98. The summed E-state index contributed by atoms with van der Waals surface area (Å²) in [6.07, 6.45) is 3.80. The highest BCUT2D eigenvalue weighted by atomic mass is 15.1. The first-order valence-corrected chi connectivity index (χ1v) is 5.98. The molecule has 0 aliphatic rings. The molecule has 0 saturated heterocycles. The van der Waals surface area contributed by atoms with E-state index in [-0.39, 0.29) is 0 Å². The van der Waals surface area contributed by atoms with Crippen LogP contribution < -0.4 is 5.32 Å². The fourth-order valence-corrected chi connectivity index (χ4v) is 1.80. The first-order chi connectivity index (χ1) is 8.16. The van der Waals surface area contributed by atoms with Gasteiger partial charge in [0.05, 0.1) is 18.6 Å². The highest BCUT2D eigenvalue weighted by molar-refractivity contribution is 5.44. The van der Waals surface area contributed by atoms with Gasteiger partial charge < -0.3 is 9.88 Å². The topological polar surface area (TPSA) is 29.9 Å². The number of hydrogen-bond donors (Lipinski definition) is 1. The van der Waals surface area contributed by atoms with Gasteiger partial charge in [-0.3, -0.25) is 0 Å². The van der Waals surface area contributed by atoms with Gasteiger partial charge in [0.1, 0.15) is 0 Å². The van der Waals surface area contributed by atoms with E-state index in [1.807, 2.05) is 12.5 Å². The smallest absolute Gasteiger partial charge is 0.0951 e. The van der Waals surface area contributed by atoms with Crippen LogP contribution in [0, 0.1) is 6.92 Å². The molecular formula is C14H19N3. The van der Waals surface area contributed by atoms with Crippen LogP contribution in [-0.2, 0) is 6.54 Å². The van der Waals surface area contributed by atoms with Crippen LogP contribution in [0.3, 0.4) is 0 Å².